The van der Waals surface area contributed by atoms with Gasteiger partial charge in [0.25, 0.3) is 0 Å². The van der Waals surface area contributed by atoms with Crippen molar-refractivity contribution in [2.24, 2.45) is 0 Å². The number of carbonyl (C=O) groups excluding carboxylic acids is 1. The number of hydrogen-bond donors (Lipinski definition) is 2. The van der Waals surface area contributed by atoms with Gasteiger partial charge < -0.3 is 10.6 Å². The standard InChI is InChI=1S/C15H18N2OS/c1-10-7-13(11(2)19-10)9-16-14-5-4-6-15(8-14)17-12(3)18/h4-8,16H,9H2,1-3H3,(H,17,18). The molecule has 0 saturated carbocycles. The lowest BCUT2D eigenvalue weighted by molar-refractivity contribution is -0.114. The first-order valence-corrected chi connectivity index (χ1v) is 7.03. The van der Waals surface area contributed by atoms with E-state index < -0.39 is 0 Å². The molecule has 0 aliphatic heterocycles. The van der Waals surface area contributed by atoms with Gasteiger partial charge in [0.15, 0.2) is 0 Å². The molecule has 0 radical (unpaired) electrons. The molecule has 2 N–H and O–H groups in total. The number of nitrogens with one attached hydrogen (secondary N) is 2. The number of benzene rings is 1. The Morgan fingerprint density at radius 3 is 2.58 bits per heavy atom. The molecule has 0 fully saturated rings. The molecule has 0 spiro atoms. The number of hydrogen-bond acceptors (Lipinski definition) is 3. The van der Waals surface area contributed by atoms with Crippen molar-refractivity contribution in [2.45, 2.75) is 27.3 Å². The van der Waals surface area contributed by atoms with Crippen molar-refractivity contribution in [2.75, 3.05) is 10.6 Å². The van der Waals surface area contributed by atoms with Gasteiger partial charge in [-0.2, -0.15) is 0 Å². The molecule has 1 heterocycles. The van der Waals surface area contributed by atoms with E-state index in [1.807, 2.05) is 35.6 Å². The van der Waals surface area contributed by atoms with E-state index in [9.17, 15) is 4.79 Å². The second-order valence-corrected chi connectivity index (χ2v) is 6.01. The van der Waals surface area contributed by atoms with E-state index in [2.05, 4.69) is 30.5 Å². The van der Waals surface area contributed by atoms with Gasteiger partial charge in [0.05, 0.1) is 0 Å². The summed E-state index contributed by atoms with van der Waals surface area (Å²) in [7, 11) is 0. The highest BCUT2D eigenvalue weighted by atomic mass is 32.1. The summed E-state index contributed by atoms with van der Waals surface area (Å²) >= 11 is 1.82. The fourth-order valence-electron chi connectivity index (χ4n) is 1.97. The van der Waals surface area contributed by atoms with E-state index in [0.717, 1.165) is 17.9 Å². The number of amides is 1. The van der Waals surface area contributed by atoms with Crippen molar-refractivity contribution >= 4 is 28.6 Å². The van der Waals surface area contributed by atoms with Crippen molar-refractivity contribution in [1.82, 2.24) is 0 Å². The zero-order chi connectivity index (χ0) is 13.8. The van der Waals surface area contributed by atoms with Gasteiger partial charge in [-0.3, -0.25) is 4.79 Å². The molecule has 2 aromatic rings. The van der Waals surface area contributed by atoms with Crippen LogP contribution in [-0.2, 0) is 11.3 Å². The second kappa shape index (κ2) is 5.89. The molecule has 100 valence electrons. The van der Waals surface area contributed by atoms with Crippen LogP contribution in [0.25, 0.3) is 0 Å². The molecule has 1 aromatic carbocycles. The minimum Gasteiger partial charge on any atom is -0.381 e. The summed E-state index contributed by atoms with van der Waals surface area (Å²) in [6.07, 6.45) is 0. The van der Waals surface area contributed by atoms with Crippen LogP contribution in [-0.4, -0.2) is 5.91 Å². The number of rotatable bonds is 4. The third kappa shape index (κ3) is 3.83. The summed E-state index contributed by atoms with van der Waals surface area (Å²) < 4.78 is 0. The Morgan fingerprint density at radius 1 is 1.21 bits per heavy atom. The number of thiophene rings is 1. The van der Waals surface area contributed by atoms with Gasteiger partial charge >= 0.3 is 0 Å². The molecule has 4 heteroatoms. The molecule has 0 atom stereocenters. The Morgan fingerprint density at radius 2 is 1.95 bits per heavy atom. The summed E-state index contributed by atoms with van der Waals surface area (Å²) in [4.78, 5) is 13.7. The molecule has 2 rings (SSSR count). The Balaban J connectivity index is 2.03. The van der Waals surface area contributed by atoms with Gasteiger partial charge in [0.1, 0.15) is 0 Å². The minimum atomic E-state index is -0.0542. The number of aryl methyl sites for hydroxylation is 2. The average Bonchev–Trinajstić information content (AvgIpc) is 2.65. The summed E-state index contributed by atoms with van der Waals surface area (Å²) in [6, 6.07) is 9.96. The quantitative estimate of drug-likeness (QED) is 0.886. The van der Waals surface area contributed by atoms with Crippen molar-refractivity contribution in [3.63, 3.8) is 0 Å². The first-order valence-electron chi connectivity index (χ1n) is 6.22. The van der Waals surface area contributed by atoms with E-state index in [0.29, 0.717) is 0 Å². The van der Waals surface area contributed by atoms with Gasteiger partial charge in [-0.25, -0.2) is 0 Å². The second-order valence-electron chi connectivity index (χ2n) is 4.55. The van der Waals surface area contributed by atoms with Crippen LogP contribution in [0.5, 0.6) is 0 Å². The highest BCUT2D eigenvalue weighted by molar-refractivity contribution is 7.12. The Bertz CT molecular complexity index is 590. The molecular formula is C15H18N2OS. The zero-order valence-corrected chi connectivity index (χ0v) is 12.2. The first kappa shape index (κ1) is 13.6. The minimum absolute atomic E-state index is 0.0542. The van der Waals surface area contributed by atoms with Crippen LogP contribution in [0.2, 0.25) is 0 Å². The summed E-state index contributed by atoms with van der Waals surface area (Å²) in [5.41, 5.74) is 3.15. The molecule has 0 aliphatic rings. The molecule has 0 aliphatic carbocycles. The first-order chi connectivity index (χ1) is 9.04. The van der Waals surface area contributed by atoms with Crippen molar-refractivity contribution in [3.8, 4) is 0 Å². The fraction of sp³-hybridized carbons (Fsp3) is 0.267. The molecule has 0 saturated heterocycles. The average molecular weight is 274 g/mol. The third-order valence-electron chi connectivity index (χ3n) is 2.81. The van der Waals surface area contributed by atoms with E-state index in [1.165, 1.54) is 22.2 Å². The van der Waals surface area contributed by atoms with Gasteiger partial charge in [-0.05, 0) is 43.7 Å². The van der Waals surface area contributed by atoms with Gasteiger partial charge in [-0.15, -0.1) is 11.3 Å². The van der Waals surface area contributed by atoms with Crippen LogP contribution >= 0.6 is 11.3 Å². The Kier molecular flexibility index (Phi) is 4.22. The van der Waals surface area contributed by atoms with Gasteiger partial charge in [-0.1, -0.05) is 6.07 Å². The van der Waals surface area contributed by atoms with E-state index in [-0.39, 0.29) is 5.91 Å². The molecule has 1 aromatic heterocycles. The normalized spacial score (nSPS) is 10.3. The number of carbonyl (C=O) groups is 1. The lowest BCUT2D eigenvalue weighted by Crippen LogP contribution is -2.06. The van der Waals surface area contributed by atoms with Crippen molar-refractivity contribution in [3.05, 3.63) is 45.6 Å². The topological polar surface area (TPSA) is 41.1 Å². The maximum absolute atomic E-state index is 11.0. The van der Waals surface area contributed by atoms with Crippen LogP contribution in [0.4, 0.5) is 11.4 Å². The zero-order valence-electron chi connectivity index (χ0n) is 11.4. The SMILES string of the molecule is CC(=O)Nc1cccc(NCc2cc(C)sc2C)c1. The highest BCUT2D eigenvalue weighted by Gasteiger charge is 2.03. The lowest BCUT2D eigenvalue weighted by Gasteiger charge is -2.08. The summed E-state index contributed by atoms with van der Waals surface area (Å²) in [5.74, 6) is -0.0542. The summed E-state index contributed by atoms with van der Waals surface area (Å²) in [5, 5.41) is 6.17. The van der Waals surface area contributed by atoms with E-state index >= 15 is 0 Å². The van der Waals surface area contributed by atoms with Crippen LogP contribution in [0.3, 0.4) is 0 Å². The number of anilines is 2. The Hall–Kier alpha value is -1.81. The molecular weight excluding hydrogens is 256 g/mol. The van der Waals surface area contributed by atoms with Crippen LogP contribution in [0.1, 0.15) is 22.2 Å². The van der Waals surface area contributed by atoms with Crippen molar-refractivity contribution < 1.29 is 4.79 Å². The third-order valence-corrected chi connectivity index (χ3v) is 3.82. The largest absolute Gasteiger partial charge is 0.381 e. The molecule has 0 bridgehead atoms. The summed E-state index contributed by atoms with van der Waals surface area (Å²) in [6.45, 7) is 6.58. The smallest absolute Gasteiger partial charge is 0.221 e. The monoisotopic (exact) mass is 274 g/mol. The Labute approximate surface area is 117 Å². The van der Waals surface area contributed by atoms with Crippen LogP contribution in [0.15, 0.2) is 30.3 Å². The molecule has 1 amide bonds. The maximum atomic E-state index is 11.0. The van der Waals surface area contributed by atoms with E-state index in [4.69, 9.17) is 0 Å². The van der Waals surface area contributed by atoms with Gasteiger partial charge in [0, 0.05) is 34.6 Å². The van der Waals surface area contributed by atoms with Crippen LogP contribution in [0, 0.1) is 13.8 Å². The predicted octanol–water partition coefficient (Wildman–Crippen LogP) is 3.94. The van der Waals surface area contributed by atoms with Crippen LogP contribution < -0.4 is 10.6 Å². The van der Waals surface area contributed by atoms with Gasteiger partial charge in [0.2, 0.25) is 5.91 Å². The fourth-order valence-corrected chi connectivity index (χ4v) is 2.91. The highest BCUT2D eigenvalue weighted by Crippen LogP contribution is 2.22. The van der Waals surface area contributed by atoms with E-state index in [1.54, 1.807) is 0 Å². The molecule has 19 heavy (non-hydrogen) atoms. The molecule has 0 unspecified atom stereocenters. The molecule has 3 nitrogen and oxygen atoms in total. The maximum Gasteiger partial charge on any atom is 0.221 e. The lowest BCUT2D eigenvalue weighted by atomic mass is 10.2. The van der Waals surface area contributed by atoms with Crippen molar-refractivity contribution in [1.29, 1.82) is 0 Å². The predicted molar refractivity (Wildman–Crippen MR) is 81.9 cm³/mol.